The molecule has 0 saturated carbocycles. The van der Waals surface area contributed by atoms with Crippen LogP contribution in [0.15, 0.2) is 21.3 Å². The van der Waals surface area contributed by atoms with Crippen LogP contribution in [0.4, 0.5) is 0 Å². The van der Waals surface area contributed by atoms with Gasteiger partial charge in [-0.05, 0) is 18.6 Å². The summed E-state index contributed by atoms with van der Waals surface area (Å²) in [6.07, 6.45) is 1.05. The Morgan fingerprint density at radius 1 is 1.36 bits per heavy atom. The van der Waals surface area contributed by atoms with E-state index in [-0.39, 0.29) is 0 Å². The van der Waals surface area contributed by atoms with Crippen molar-refractivity contribution in [1.82, 2.24) is 14.9 Å². The molecule has 2 aliphatic heterocycles. The summed E-state index contributed by atoms with van der Waals surface area (Å²) in [4.78, 5) is 5.31. The minimum Gasteiger partial charge on any atom is -0.379 e. The van der Waals surface area contributed by atoms with E-state index in [9.17, 15) is 8.42 Å². The zero-order chi connectivity index (χ0) is 15.4. The van der Waals surface area contributed by atoms with Crippen molar-refractivity contribution in [3.05, 3.63) is 17.0 Å². The maximum atomic E-state index is 12.5. The lowest BCUT2D eigenvalue weighted by atomic mass is 10.4. The molecule has 3 heterocycles. The lowest BCUT2D eigenvalue weighted by molar-refractivity contribution is 0.0731. The van der Waals surface area contributed by atoms with E-state index in [1.165, 1.54) is 15.6 Å². The first-order valence-corrected chi connectivity index (χ1v) is 9.61. The Balaban J connectivity index is 1.63. The van der Waals surface area contributed by atoms with Gasteiger partial charge in [-0.1, -0.05) is 0 Å². The number of sulfonamides is 1. The molecular weight excluding hydrogens is 324 g/mol. The zero-order valence-corrected chi connectivity index (χ0v) is 13.9. The molecule has 0 aliphatic carbocycles. The van der Waals surface area contributed by atoms with E-state index in [1.54, 1.807) is 6.07 Å². The second-order valence-corrected chi connectivity index (χ2v) is 8.43. The van der Waals surface area contributed by atoms with Crippen LogP contribution in [0.3, 0.4) is 0 Å². The zero-order valence-electron chi connectivity index (χ0n) is 12.2. The lowest BCUT2D eigenvalue weighted by Crippen LogP contribution is -2.40. The predicted octanol–water partition coefficient (Wildman–Crippen LogP) is 0.208. The number of morpholine rings is 1. The predicted molar refractivity (Wildman–Crippen MR) is 85.7 cm³/mol. The minimum absolute atomic E-state index is 0.393. The maximum absolute atomic E-state index is 12.5. The molecule has 22 heavy (non-hydrogen) atoms. The van der Waals surface area contributed by atoms with Crippen molar-refractivity contribution in [3.8, 4) is 0 Å². The van der Waals surface area contributed by atoms with Crippen LogP contribution in [0, 0.1) is 0 Å². The second kappa shape index (κ2) is 6.95. The van der Waals surface area contributed by atoms with E-state index in [2.05, 4.69) is 15.6 Å². The van der Waals surface area contributed by atoms with E-state index >= 15 is 0 Å². The molecule has 0 bridgehead atoms. The molecule has 0 aromatic carbocycles. The van der Waals surface area contributed by atoms with Crippen molar-refractivity contribution >= 4 is 27.3 Å². The number of hydrogen-bond donors (Lipinski definition) is 2. The largest absolute Gasteiger partial charge is 0.379 e. The Morgan fingerprint density at radius 2 is 2.18 bits per heavy atom. The summed E-state index contributed by atoms with van der Waals surface area (Å²) in [6, 6.07) is 3.54. The Kier molecular flexibility index (Phi) is 4.97. The average molecular weight is 344 g/mol. The summed E-state index contributed by atoms with van der Waals surface area (Å²) in [5, 5.41) is 6.38. The molecule has 1 fully saturated rings. The second-order valence-electron chi connectivity index (χ2n) is 5.10. The van der Waals surface area contributed by atoms with Crippen LogP contribution in [0.25, 0.3) is 0 Å². The third-order valence-corrected chi connectivity index (χ3v) is 6.98. The van der Waals surface area contributed by atoms with Gasteiger partial charge in [-0.15, -0.1) is 11.3 Å². The standard InChI is InChI=1S/C13H20N4O3S2/c18-22(19,17-6-8-20-9-7-17)12-3-2-11(21-12)10-16-13-14-4-1-5-15-13/h2-3H,1,4-10H2,(H2,14,15,16). The Bertz CT molecular complexity index is 635. The minimum atomic E-state index is -3.39. The molecule has 9 heteroatoms. The normalized spacial score (nSPS) is 20.3. The Hall–Kier alpha value is -1.16. The number of aliphatic imine (C=N–C) groups is 1. The molecule has 122 valence electrons. The highest BCUT2D eigenvalue weighted by Gasteiger charge is 2.27. The summed E-state index contributed by atoms with van der Waals surface area (Å²) < 4.78 is 32.2. The third kappa shape index (κ3) is 3.60. The highest BCUT2D eigenvalue weighted by atomic mass is 32.2. The Morgan fingerprint density at radius 3 is 2.91 bits per heavy atom. The smallest absolute Gasteiger partial charge is 0.252 e. The van der Waals surface area contributed by atoms with Crippen LogP contribution in [0.2, 0.25) is 0 Å². The van der Waals surface area contributed by atoms with Crippen LogP contribution >= 0.6 is 11.3 Å². The Labute approximate surface area is 134 Å². The molecule has 7 nitrogen and oxygen atoms in total. The summed E-state index contributed by atoms with van der Waals surface area (Å²) in [6.45, 7) is 4.11. The summed E-state index contributed by atoms with van der Waals surface area (Å²) in [5.74, 6) is 0.789. The van der Waals surface area contributed by atoms with Crippen LogP contribution < -0.4 is 10.6 Å². The van der Waals surface area contributed by atoms with Crippen molar-refractivity contribution < 1.29 is 13.2 Å². The summed E-state index contributed by atoms with van der Waals surface area (Å²) in [5.41, 5.74) is 0. The number of hydrogen-bond acceptors (Lipinski definition) is 7. The molecule has 0 radical (unpaired) electrons. The molecule has 3 rings (SSSR count). The van der Waals surface area contributed by atoms with Gasteiger partial charge in [-0.2, -0.15) is 4.31 Å². The van der Waals surface area contributed by atoms with Crippen molar-refractivity contribution in [3.63, 3.8) is 0 Å². The van der Waals surface area contributed by atoms with Crippen molar-refractivity contribution in [1.29, 1.82) is 0 Å². The topological polar surface area (TPSA) is 83.0 Å². The molecule has 2 N–H and O–H groups in total. The lowest BCUT2D eigenvalue weighted by Gasteiger charge is -2.25. The molecule has 1 aromatic rings. The van der Waals surface area contributed by atoms with E-state index in [1.807, 2.05) is 6.07 Å². The number of guanidine groups is 1. The summed E-state index contributed by atoms with van der Waals surface area (Å²) >= 11 is 1.31. The van der Waals surface area contributed by atoms with E-state index in [0.717, 1.165) is 30.3 Å². The molecule has 0 unspecified atom stereocenters. The van der Waals surface area contributed by atoms with E-state index in [4.69, 9.17) is 4.74 Å². The van der Waals surface area contributed by atoms with Gasteiger partial charge < -0.3 is 15.4 Å². The first kappa shape index (κ1) is 15.7. The average Bonchev–Trinajstić information content (AvgIpc) is 3.04. The van der Waals surface area contributed by atoms with Gasteiger partial charge in [0.2, 0.25) is 0 Å². The maximum Gasteiger partial charge on any atom is 0.252 e. The van der Waals surface area contributed by atoms with Crippen LogP contribution in [-0.4, -0.2) is 58.1 Å². The number of rotatable bonds is 4. The molecule has 1 saturated heterocycles. The third-order valence-electron chi connectivity index (χ3n) is 3.53. The van der Waals surface area contributed by atoms with Gasteiger partial charge in [0.25, 0.3) is 10.0 Å². The fourth-order valence-corrected chi connectivity index (χ4v) is 5.19. The van der Waals surface area contributed by atoms with Crippen molar-refractivity contribution in [2.75, 3.05) is 39.4 Å². The van der Waals surface area contributed by atoms with Gasteiger partial charge in [0.15, 0.2) is 5.96 Å². The van der Waals surface area contributed by atoms with Crippen LogP contribution in [0.1, 0.15) is 11.3 Å². The summed E-state index contributed by atoms with van der Waals surface area (Å²) in [7, 11) is -3.39. The molecule has 0 amide bonds. The van der Waals surface area contributed by atoms with Gasteiger partial charge in [-0.3, -0.25) is 4.99 Å². The van der Waals surface area contributed by atoms with Gasteiger partial charge in [0, 0.05) is 31.1 Å². The molecule has 0 spiro atoms. The van der Waals surface area contributed by atoms with E-state index < -0.39 is 10.0 Å². The molecule has 0 atom stereocenters. The first-order chi connectivity index (χ1) is 10.7. The SMILES string of the molecule is O=S(=O)(c1ccc(CNC2=NCCCN2)s1)N1CCOCC1. The number of nitrogens with zero attached hydrogens (tertiary/aromatic N) is 2. The monoisotopic (exact) mass is 344 g/mol. The molecule has 1 aromatic heterocycles. The van der Waals surface area contributed by atoms with Crippen molar-refractivity contribution in [2.24, 2.45) is 4.99 Å². The number of ether oxygens (including phenoxy) is 1. The fraction of sp³-hybridized carbons (Fsp3) is 0.615. The first-order valence-electron chi connectivity index (χ1n) is 7.35. The highest BCUT2D eigenvalue weighted by Crippen LogP contribution is 2.25. The highest BCUT2D eigenvalue weighted by molar-refractivity contribution is 7.91. The number of thiophene rings is 1. The van der Waals surface area contributed by atoms with Crippen molar-refractivity contribution in [2.45, 2.75) is 17.2 Å². The number of nitrogens with one attached hydrogen (secondary N) is 2. The van der Waals surface area contributed by atoms with Gasteiger partial charge in [0.1, 0.15) is 4.21 Å². The fourth-order valence-electron chi connectivity index (χ4n) is 2.33. The van der Waals surface area contributed by atoms with Gasteiger partial charge in [0.05, 0.1) is 19.8 Å². The van der Waals surface area contributed by atoms with Gasteiger partial charge >= 0.3 is 0 Å². The van der Waals surface area contributed by atoms with E-state index in [0.29, 0.717) is 37.1 Å². The molecule has 2 aliphatic rings. The van der Waals surface area contributed by atoms with Crippen LogP contribution in [0.5, 0.6) is 0 Å². The van der Waals surface area contributed by atoms with Gasteiger partial charge in [-0.25, -0.2) is 8.42 Å². The van der Waals surface area contributed by atoms with Crippen LogP contribution in [-0.2, 0) is 21.3 Å². The molecular formula is C13H20N4O3S2. The quantitative estimate of drug-likeness (QED) is 0.816.